The van der Waals surface area contributed by atoms with Crippen molar-refractivity contribution in [3.8, 4) is 0 Å². The lowest BCUT2D eigenvalue weighted by Crippen LogP contribution is -2.28. The molecule has 1 aromatic rings. The van der Waals surface area contributed by atoms with Gasteiger partial charge in [0.1, 0.15) is 6.20 Å². The van der Waals surface area contributed by atoms with Crippen LogP contribution in [-0.2, 0) is 0 Å². The molecule has 0 aliphatic carbocycles. The monoisotopic (exact) mass is 203 g/mol. The van der Waals surface area contributed by atoms with Crippen LogP contribution in [0, 0.1) is 6.57 Å². The van der Waals surface area contributed by atoms with Crippen LogP contribution in [0.25, 0.3) is 4.85 Å². The summed E-state index contributed by atoms with van der Waals surface area (Å²) in [5.41, 5.74) is 0. The van der Waals surface area contributed by atoms with Crippen LogP contribution in [0.4, 0.5) is 11.6 Å². The maximum Gasteiger partial charge on any atom is 0.312 e. The Kier molecular flexibility index (Phi) is 3.10. The summed E-state index contributed by atoms with van der Waals surface area (Å²) in [5.74, 6) is 1.12. The lowest BCUT2D eigenvalue weighted by molar-refractivity contribution is 0.724. The Morgan fingerprint density at radius 2 is 2.13 bits per heavy atom. The summed E-state index contributed by atoms with van der Waals surface area (Å²) in [4.78, 5) is 13.8. The van der Waals surface area contributed by atoms with E-state index in [2.05, 4.69) is 25.0 Å². The third-order valence-electron chi connectivity index (χ3n) is 2.41. The first-order chi connectivity index (χ1) is 7.42. The van der Waals surface area contributed by atoms with Crippen molar-refractivity contribution in [1.82, 2.24) is 15.3 Å². The van der Waals surface area contributed by atoms with Gasteiger partial charge in [-0.15, -0.1) is 4.98 Å². The van der Waals surface area contributed by atoms with Crippen molar-refractivity contribution in [2.45, 2.75) is 6.42 Å². The third-order valence-corrected chi connectivity index (χ3v) is 2.41. The van der Waals surface area contributed by atoms with Crippen molar-refractivity contribution in [3.05, 3.63) is 23.8 Å². The van der Waals surface area contributed by atoms with Gasteiger partial charge in [-0.2, -0.15) is 0 Å². The minimum absolute atomic E-state index is 0.402. The van der Waals surface area contributed by atoms with E-state index in [1.54, 1.807) is 12.4 Å². The van der Waals surface area contributed by atoms with Gasteiger partial charge in [0.05, 0.1) is 6.20 Å². The standard InChI is InChI=1S/C10H13N5/c1-11-9-10(14-5-4-13-9)15-7-2-3-12-6-8-15/h4-5,12H,2-3,6-8H2. The Labute approximate surface area is 89.0 Å². The minimum Gasteiger partial charge on any atom is -0.363 e. The van der Waals surface area contributed by atoms with Crippen LogP contribution in [0.5, 0.6) is 0 Å². The first kappa shape index (κ1) is 9.87. The van der Waals surface area contributed by atoms with Gasteiger partial charge in [-0.1, -0.05) is 6.57 Å². The predicted molar refractivity (Wildman–Crippen MR) is 58.0 cm³/mol. The molecular weight excluding hydrogens is 190 g/mol. The molecule has 0 saturated carbocycles. The number of nitrogens with one attached hydrogen (secondary N) is 1. The average molecular weight is 203 g/mol. The zero-order chi connectivity index (χ0) is 10.5. The van der Waals surface area contributed by atoms with Crippen LogP contribution in [0.15, 0.2) is 12.4 Å². The van der Waals surface area contributed by atoms with E-state index >= 15 is 0 Å². The van der Waals surface area contributed by atoms with Gasteiger partial charge in [-0.25, -0.2) is 4.98 Å². The highest BCUT2D eigenvalue weighted by Gasteiger charge is 2.14. The van der Waals surface area contributed by atoms with E-state index in [4.69, 9.17) is 6.57 Å². The van der Waals surface area contributed by atoms with Gasteiger partial charge < -0.3 is 15.1 Å². The van der Waals surface area contributed by atoms with E-state index in [9.17, 15) is 0 Å². The van der Waals surface area contributed by atoms with Crippen LogP contribution in [0.2, 0.25) is 0 Å². The van der Waals surface area contributed by atoms with Gasteiger partial charge in [-0.3, -0.25) is 0 Å². The molecule has 0 radical (unpaired) electrons. The van der Waals surface area contributed by atoms with E-state index in [-0.39, 0.29) is 0 Å². The molecule has 1 fully saturated rings. The molecule has 78 valence electrons. The lowest BCUT2D eigenvalue weighted by Gasteiger charge is -2.21. The Morgan fingerprint density at radius 3 is 3.00 bits per heavy atom. The molecule has 0 unspecified atom stereocenters. The second-order valence-corrected chi connectivity index (χ2v) is 3.41. The van der Waals surface area contributed by atoms with Crippen molar-refractivity contribution in [3.63, 3.8) is 0 Å². The van der Waals surface area contributed by atoms with Gasteiger partial charge >= 0.3 is 5.82 Å². The molecule has 0 atom stereocenters. The molecule has 0 spiro atoms. The summed E-state index contributed by atoms with van der Waals surface area (Å²) in [5, 5.41) is 3.32. The zero-order valence-corrected chi connectivity index (χ0v) is 8.48. The fraction of sp³-hybridized carbons (Fsp3) is 0.500. The summed E-state index contributed by atoms with van der Waals surface area (Å²) in [7, 11) is 0. The van der Waals surface area contributed by atoms with Crippen molar-refractivity contribution < 1.29 is 0 Å². The van der Waals surface area contributed by atoms with Crippen LogP contribution >= 0.6 is 0 Å². The molecule has 1 saturated heterocycles. The first-order valence-electron chi connectivity index (χ1n) is 5.06. The molecule has 15 heavy (non-hydrogen) atoms. The maximum atomic E-state index is 7.04. The summed E-state index contributed by atoms with van der Waals surface area (Å²) in [6, 6.07) is 0. The van der Waals surface area contributed by atoms with Gasteiger partial charge in [0.15, 0.2) is 5.82 Å². The van der Waals surface area contributed by atoms with E-state index < -0.39 is 0 Å². The largest absolute Gasteiger partial charge is 0.363 e. The second kappa shape index (κ2) is 4.71. The number of anilines is 1. The molecule has 2 heterocycles. The summed E-state index contributed by atoms with van der Waals surface area (Å²) in [6.07, 6.45) is 4.28. The SMILES string of the molecule is [C-]#[N+]c1nccnc1N1CCCNCC1. The molecule has 2 rings (SSSR count). The van der Waals surface area contributed by atoms with E-state index in [1.165, 1.54) is 0 Å². The zero-order valence-electron chi connectivity index (χ0n) is 8.48. The minimum atomic E-state index is 0.402. The van der Waals surface area contributed by atoms with Crippen LogP contribution in [0.3, 0.4) is 0 Å². The highest BCUT2D eigenvalue weighted by Crippen LogP contribution is 2.22. The predicted octanol–water partition coefficient (Wildman–Crippen LogP) is 0.827. The average Bonchev–Trinajstić information content (AvgIpc) is 2.57. The number of aromatic nitrogens is 2. The number of hydrogen-bond acceptors (Lipinski definition) is 4. The van der Waals surface area contributed by atoms with Crippen molar-refractivity contribution >= 4 is 11.6 Å². The van der Waals surface area contributed by atoms with Crippen molar-refractivity contribution in [2.75, 3.05) is 31.1 Å². The molecule has 5 heteroatoms. The highest BCUT2D eigenvalue weighted by molar-refractivity contribution is 5.61. The molecule has 1 aliphatic heterocycles. The molecular formula is C10H13N5. The Balaban J connectivity index is 2.23. The number of hydrogen-bond donors (Lipinski definition) is 1. The molecule has 1 N–H and O–H groups in total. The first-order valence-corrected chi connectivity index (χ1v) is 5.06. The summed E-state index contributed by atoms with van der Waals surface area (Å²) < 4.78 is 0. The molecule has 5 nitrogen and oxygen atoms in total. The van der Waals surface area contributed by atoms with E-state index in [0.717, 1.165) is 38.4 Å². The Hall–Kier alpha value is -1.67. The Bertz CT molecular complexity index is 362. The van der Waals surface area contributed by atoms with Crippen LogP contribution in [-0.4, -0.2) is 36.1 Å². The fourth-order valence-electron chi connectivity index (χ4n) is 1.68. The van der Waals surface area contributed by atoms with Crippen molar-refractivity contribution in [1.29, 1.82) is 0 Å². The summed E-state index contributed by atoms with van der Waals surface area (Å²) >= 11 is 0. The molecule has 1 aliphatic rings. The van der Waals surface area contributed by atoms with Crippen LogP contribution < -0.4 is 10.2 Å². The fourth-order valence-corrected chi connectivity index (χ4v) is 1.68. The van der Waals surface area contributed by atoms with Gasteiger partial charge in [0, 0.05) is 19.6 Å². The van der Waals surface area contributed by atoms with Gasteiger partial charge in [0.25, 0.3) is 0 Å². The quantitative estimate of drug-likeness (QED) is 0.687. The molecule has 0 bridgehead atoms. The second-order valence-electron chi connectivity index (χ2n) is 3.41. The molecule has 1 aromatic heterocycles. The van der Waals surface area contributed by atoms with Crippen LogP contribution in [0.1, 0.15) is 6.42 Å². The summed E-state index contributed by atoms with van der Waals surface area (Å²) in [6.45, 7) is 10.8. The van der Waals surface area contributed by atoms with E-state index in [0.29, 0.717) is 5.82 Å². The smallest absolute Gasteiger partial charge is 0.312 e. The molecule has 0 aromatic carbocycles. The van der Waals surface area contributed by atoms with Crippen molar-refractivity contribution in [2.24, 2.45) is 0 Å². The van der Waals surface area contributed by atoms with Gasteiger partial charge in [0.2, 0.25) is 0 Å². The third kappa shape index (κ3) is 2.22. The normalized spacial score (nSPS) is 16.9. The topological polar surface area (TPSA) is 45.4 Å². The van der Waals surface area contributed by atoms with E-state index in [1.807, 2.05) is 0 Å². The highest BCUT2D eigenvalue weighted by atomic mass is 15.2. The number of rotatable bonds is 1. The van der Waals surface area contributed by atoms with Gasteiger partial charge in [-0.05, 0) is 13.0 Å². The molecule has 0 amide bonds. The Morgan fingerprint density at radius 1 is 1.27 bits per heavy atom. The lowest BCUT2D eigenvalue weighted by atomic mass is 10.4. The maximum absolute atomic E-state index is 7.04. The number of nitrogens with zero attached hydrogens (tertiary/aromatic N) is 4.